The van der Waals surface area contributed by atoms with Crippen LogP contribution in [0.2, 0.25) is 0 Å². The smallest absolute Gasteiger partial charge is 0.136 e. The number of nitrogens with zero attached hydrogens (tertiary/aromatic N) is 1. The standard InChI is InChI=1S/C62H41NO/c1-2-13-43(14-3-1)51-17-6-8-19-55(51)56-20-9-7-18-53(56)45-27-35-49(36-28-45)63(48-33-25-42(26-34-48)47-32-40-60-59-21-10-11-24-61(59)64-62(60)41-47)50-37-29-46(30-38-50)54-22-12-23-57-52-16-5-4-15-44(52)31-39-58(54)57/h1-41H. The van der Waals surface area contributed by atoms with Gasteiger partial charge in [0, 0.05) is 27.8 Å². The first-order valence-electron chi connectivity index (χ1n) is 21.9. The molecule has 0 N–H and O–H groups in total. The maximum atomic E-state index is 6.27. The fourth-order valence-corrected chi connectivity index (χ4v) is 9.58. The second kappa shape index (κ2) is 15.8. The van der Waals surface area contributed by atoms with E-state index in [0.717, 1.165) is 55.7 Å². The van der Waals surface area contributed by atoms with Crippen LogP contribution in [-0.2, 0) is 0 Å². The number of para-hydroxylation sites is 1. The van der Waals surface area contributed by atoms with E-state index in [2.05, 4.69) is 241 Å². The average molecular weight is 816 g/mol. The molecular formula is C62H41NO. The number of furan rings is 1. The van der Waals surface area contributed by atoms with Crippen molar-refractivity contribution in [3.8, 4) is 55.6 Å². The molecule has 2 nitrogen and oxygen atoms in total. The molecule has 11 aromatic carbocycles. The lowest BCUT2D eigenvalue weighted by Crippen LogP contribution is -2.09. The van der Waals surface area contributed by atoms with Gasteiger partial charge < -0.3 is 9.32 Å². The van der Waals surface area contributed by atoms with Crippen molar-refractivity contribution >= 4 is 60.5 Å². The Kier molecular flexibility index (Phi) is 9.20. The van der Waals surface area contributed by atoms with Crippen molar-refractivity contribution in [3.05, 3.63) is 249 Å². The van der Waals surface area contributed by atoms with Crippen LogP contribution in [0.4, 0.5) is 17.1 Å². The molecule has 0 spiro atoms. The molecule has 64 heavy (non-hydrogen) atoms. The maximum Gasteiger partial charge on any atom is 0.136 e. The van der Waals surface area contributed by atoms with Crippen LogP contribution in [0.3, 0.4) is 0 Å². The van der Waals surface area contributed by atoms with Gasteiger partial charge in [0.25, 0.3) is 0 Å². The Labute approximate surface area is 372 Å². The van der Waals surface area contributed by atoms with Crippen molar-refractivity contribution in [1.29, 1.82) is 0 Å². The molecule has 0 aliphatic rings. The van der Waals surface area contributed by atoms with Gasteiger partial charge in [-0.1, -0.05) is 194 Å². The molecule has 0 radical (unpaired) electrons. The number of hydrogen-bond acceptors (Lipinski definition) is 2. The minimum absolute atomic E-state index is 0.897. The fourth-order valence-electron chi connectivity index (χ4n) is 9.58. The van der Waals surface area contributed by atoms with Gasteiger partial charge in [0.05, 0.1) is 0 Å². The summed E-state index contributed by atoms with van der Waals surface area (Å²) in [4.78, 5) is 2.35. The normalized spacial score (nSPS) is 11.4. The molecule has 0 unspecified atom stereocenters. The molecule has 12 aromatic rings. The molecule has 0 fully saturated rings. The minimum atomic E-state index is 0.897. The Balaban J connectivity index is 0.933. The summed E-state index contributed by atoms with van der Waals surface area (Å²) in [5.74, 6) is 0. The highest BCUT2D eigenvalue weighted by molar-refractivity contribution is 6.12. The summed E-state index contributed by atoms with van der Waals surface area (Å²) in [6.07, 6.45) is 0. The summed E-state index contributed by atoms with van der Waals surface area (Å²) < 4.78 is 6.27. The Morgan fingerprint density at radius 3 is 1.36 bits per heavy atom. The van der Waals surface area contributed by atoms with E-state index in [-0.39, 0.29) is 0 Å². The molecule has 2 heteroatoms. The third-order valence-electron chi connectivity index (χ3n) is 12.7. The van der Waals surface area contributed by atoms with Crippen molar-refractivity contribution < 1.29 is 4.42 Å². The van der Waals surface area contributed by atoms with Crippen LogP contribution in [0, 0.1) is 0 Å². The zero-order valence-corrected chi connectivity index (χ0v) is 35.0. The molecule has 1 aromatic heterocycles. The molecule has 0 saturated heterocycles. The van der Waals surface area contributed by atoms with Crippen molar-refractivity contribution in [3.63, 3.8) is 0 Å². The van der Waals surface area contributed by atoms with Crippen LogP contribution in [-0.4, -0.2) is 0 Å². The first-order valence-corrected chi connectivity index (χ1v) is 21.9. The van der Waals surface area contributed by atoms with E-state index in [9.17, 15) is 0 Å². The van der Waals surface area contributed by atoms with Gasteiger partial charge >= 0.3 is 0 Å². The van der Waals surface area contributed by atoms with Gasteiger partial charge in [0.15, 0.2) is 0 Å². The second-order valence-corrected chi connectivity index (χ2v) is 16.4. The van der Waals surface area contributed by atoms with Crippen LogP contribution in [0.25, 0.3) is 99.1 Å². The van der Waals surface area contributed by atoms with Gasteiger partial charge in [-0.25, -0.2) is 0 Å². The molecule has 0 saturated carbocycles. The lowest BCUT2D eigenvalue weighted by Gasteiger charge is -2.26. The third kappa shape index (κ3) is 6.61. The second-order valence-electron chi connectivity index (χ2n) is 16.4. The monoisotopic (exact) mass is 815 g/mol. The molecule has 0 amide bonds. The molecular weight excluding hydrogens is 775 g/mol. The largest absolute Gasteiger partial charge is 0.456 e. The van der Waals surface area contributed by atoms with Crippen molar-refractivity contribution in [2.24, 2.45) is 0 Å². The highest BCUT2D eigenvalue weighted by Crippen LogP contribution is 2.42. The Morgan fingerprint density at radius 2 is 0.688 bits per heavy atom. The number of fused-ring (bicyclic) bond motifs is 6. The summed E-state index contributed by atoms with van der Waals surface area (Å²) in [5.41, 5.74) is 16.9. The van der Waals surface area contributed by atoms with E-state index in [1.807, 2.05) is 12.1 Å². The first-order chi connectivity index (χ1) is 31.7. The van der Waals surface area contributed by atoms with Gasteiger partial charge in [-0.3, -0.25) is 0 Å². The van der Waals surface area contributed by atoms with Gasteiger partial charge in [-0.15, -0.1) is 0 Å². The van der Waals surface area contributed by atoms with E-state index in [1.165, 1.54) is 60.5 Å². The molecule has 1 heterocycles. The Morgan fingerprint density at radius 1 is 0.234 bits per heavy atom. The van der Waals surface area contributed by atoms with Crippen LogP contribution in [0.1, 0.15) is 0 Å². The van der Waals surface area contributed by atoms with Gasteiger partial charge in [-0.05, 0) is 132 Å². The third-order valence-corrected chi connectivity index (χ3v) is 12.7. The highest BCUT2D eigenvalue weighted by Gasteiger charge is 2.17. The average Bonchev–Trinajstić information content (AvgIpc) is 3.75. The van der Waals surface area contributed by atoms with E-state index in [1.54, 1.807) is 0 Å². The lowest BCUT2D eigenvalue weighted by molar-refractivity contribution is 0.669. The molecule has 0 atom stereocenters. The summed E-state index contributed by atoms with van der Waals surface area (Å²) in [6.45, 7) is 0. The lowest BCUT2D eigenvalue weighted by atomic mass is 9.89. The fraction of sp³-hybridized carbons (Fsp3) is 0. The predicted molar refractivity (Wildman–Crippen MR) is 271 cm³/mol. The van der Waals surface area contributed by atoms with Gasteiger partial charge in [0.1, 0.15) is 11.2 Å². The van der Waals surface area contributed by atoms with Gasteiger partial charge in [-0.2, -0.15) is 0 Å². The zero-order valence-electron chi connectivity index (χ0n) is 35.0. The van der Waals surface area contributed by atoms with Crippen LogP contribution in [0.15, 0.2) is 253 Å². The van der Waals surface area contributed by atoms with Crippen molar-refractivity contribution in [2.45, 2.75) is 0 Å². The van der Waals surface area contributed by atoms with Gasteiger partial charge in [0.2, 0.25) is 0 Å². The number of rotatable bonds is 8. The maximum absolute atomic E-state index is 6.27. The molecule has 12 rings (SSSR count). The van der Waals surface area contributed by atoms with E-state index in [4.69, 9.17) is 4.42 Å². The van der Waals surface area contributed by atoms with E-state index < -0.39 is 0 Å². The Hall–Kier alpha value is -8.46. The zero-order chi connectivity index (χ0) is 42.4. The summed E-state index contributed by atoms with van der Waals surface area (Å²) in [7, 11) is 0. The highest BCUT2D eigenvalue weighted by atomic mass is 16.3. The van der Waals surface area contributed by atoms with Crippen LogP contribution < -0.4 is 4.90 Å². The van der Waals surface area contributed by atoms with Crippen molar-refractivity contribution in [1.82, 2.24) is 0 Å². The number of benzene rings is 11. The van der Waals surface area contributed by atoms with E-state index in [0.29, 0.717) is 0 Å². The summed E-state index contributed by atoms with van der Waals surface area (Å²) in [5, 5.41) is 7.33. The summed E-state index contributed by atoms with van der Waals surface area (Å²) >= 11 is 0. The molecule has 0 aliphatic carbocycles. The number of hydrogen-bond donors (Lipinski definition) is 0. The predicted octanol–water partition coefficient (Wildman–Crippen LogP) is 17.7. The molecule has 300 valence electrons. The quantitative estimate of drug-likeness (QED) is 0.142. The Bertz CT molecular complexity index is 3640. The first kappa shape index (κ1) is 37.3. The topological polar surface area (TPSA) is 16.4 Å². The minimum Gasteiger partial charge on any atom is -0.456 e. The molecule has 0 aliphatic heterocycles. The van der Waals surface area contributed by atoms with Crippen LogP contribution >= 0.6 is 0 Å². The SMILES string of the molecule is c1ccc(-c2ccccc2-c2ccccc2-c2ccc(N(c3ccc(-c4ccc5c(c4)oc4ccccc45)cc3)c3ccc(-c4cccc5c4ccc4ccccc45)cc3)cc2)cc1. The van der Waals surface area contributed by atoms with Crippen LogP contribution in [0.5, 0.6) is 0 Å². The van der Waals surface area contributed by atoms with Crippen molar-refractivity contribution in [2.75, 3.05) is 4.90 Å². The number of anilines is 3. The summed E-state index contributed by atoms with van der Waals surface area (Å²) in [6, 6.07) is 89.6. The molecule has 0 bridgehead atoms. The van der Waals surface area contributed by atoms with E-state index >= 15 is 0 Å².